The van der Waals surface area contributed by atoms with E-state index in [9.17, 15) is 24.0 Å². The second-order valence-corrected chi connectivity index (χ2v) is 12.6. The maximum absolute atomic E-state index is 13.9. The molecule has 4 amide bonds. The van der Waals surface area contributed by atoms with Crippen LogP contribution in [0.5, 0.6) is 0 Å². The molecule has 3 atom stereocenters. The first-order valence-corrected chi connectivity index (χ1v) is 17.0. The van der Waals surface area contributed by atoms with E-state index in [2.05, 4.69) is 31.6 Å². The number of guanidine groups is 2. The van der Waals surface area contributed by atoms with Gasteiger partial charge in [0, 0.05) is 32.4 Å². The number of unbranched alkanes of at least 4 members (excludes halogenated alkanes) is 1. The molecule has 0 radical (unpaired) electrons. The third kappa shape index (κ3) is 13.5. The highest BCUT2D eigenvalue weighted by molar-refractivity contribution is 7.20. The number of para-hydroxylation sites is 1. The maximum Gasteiger partial charge on any atom is 0.243 e. The Morgan fingerprint density at radius 2 is 1.32 bits per heavy atom. The monoisotopic (exact) mass is 707 g/mol. The zero-order valence-corrected chi connectivity index (χ0v) is 28.4. The molecule has 3 aromatic rings. The Morgan fingerprint density at radius 3 is 1.98 bits per heavy atom. The van der Waals surface area contributed by atoms with Crippen molar-refractivity contribution in [1.82, 2.24) is 31.6 Å². The van der Waals surface area contributed by atoms with Crippen molar-refractivity contribution in [1.29, 1.82) is 10.8 Å². The number of carbonyl (C=O) groups excluding carboxylic acids is 5. The van der Waals surface area contributed by atoms with E-state index in [1.54, 1.807) is 30.3 Å². The summed E-state index contributed by atoms with van der Waals surface area (Å²) in [7, 11) is 0. The number of ketones is 1. The fourth-order valence-electron chi connectivity index (χ4n) is 4.98. The van der Waals surface area contributed by atoms with Gasteiger partial charge in [-0.15, -0.1) is 11.3 Å². The highest BCUT2D eigenvalue weighted by Gasteiger charge is 2.31. The van der Waals surface area contributed by atoms with Gasteiger partial charge in [-0.25, -0.2) is 4.98 Å². The van der Waals surface area contributed by atoms with Crippen molar-refractivity contribution in [3.05, 3.63) is 65.2 Å². The number of hydrogen-bond donors (Lipinski definition) is 10. The van der Waals surface area contributed by atoms with E-state index in [1.165, 1.54) is 11.3 Å². The van der Waals surface area contributed by atoms with Gasteiger partial charge in [-0.05, 0) is 49.8 Å². The van der Waals surface area contributed by atoms with Crippen molar-refractivity contribution in [3.8, 4) is 0 Å². The number of benzene rings is 2. The minimum atomic E-state index is -1.17. The second kappa shape index (κ2) is 20.1. The van der Waals surface area contributed by atoms with Gasteiger partial charge in [0.2, 0.25) is 29.4 Å². The summed E-state index contributed by atoms with van der Waals surface area (Å²) in [6.45, 7) is 0.688. The minimum Gasteiger partial charge on any atom is -0.370 e. The fraction of sp³-hybridized carbons (Fsp3) is 0.394. The zero-order valence-electron chi connectivity index (χ0n) is 27.6. The van der Waals surface area contributed by atoms with E-state index in [1.807, 2.05) is 24.3 Å². The average molecular weight is 708 g/mol. The van der Waals surface area contributed by atoms with Gasteiger partial charge in [0.15, 0.2) is 16.9 Å². The number of thiazole rings is 1. The third-order valence-electron chi connectivity index (χ3n) is 7.52. The Morgan fingerprint density at radius 1 is 0.700 bits per heavy atom. The van der Waals surface area contributed by atoms with Crippen LogP contribution in [0.4, 0.5) is 0 Å². The predicted molar refractivity (Wildman–Crippen MR) is 191 cm³/mol. The average Bonchev–Trinajstić information content (AvgIpc) is 3.51. The number of nitrogens with zero attached hydrogens (tertiary/aromatic N) is 1. The largest absolute Gasteiger partial charge is 0.370 e. The molecule has 16 nitrogen and oxygen atoms in total. The van der Waals surface area contributed by atoms with Crippen LogP contribution < -0.4 is 43.8 Å². The number of nitrogens with two attached hydrogens (primary N) is 3. The Labute approximate surface area is 293 Å². The van der Waals surface area contributed by atoms with Crippen LogP contribution in [-0.2, 0) is 25.6 Å². The van der Waals surface area contributed by atoms with Crippen LogP contribution in [0.2, 0.25) is 0 Å². The van der Waals surface area contributed by atoms with Crippen molar-refractivity contribution < 1.29 is 24.0 Å². The molecule has 17 heteroatoms. The lowest BCUT2D eigenvalue weighted by atomic mass is 10.0. The lowest BCUT2D eigenvalue weighted by Gasteiger charge is -2.25. The maximum atomic E-state index is 13.9. The Bertz CT molecular complexity index is 1620. The van der Waals surface area contributed by atoms with Gasteiger partial charge < -0.3 is 43.8 Å². The summed E-state index contributed by atoms with van der Waals surface area (Å²) in [6, 6.07) is 12.9. The van der Waals surface area contributed by atoms with Crippen molar-refractivity contribution >= 4 is 62.9 Å². The molecular weight excluding hydrogens is 663 g/mol. The molecular formula is C33H45N11O5S. The van der Waals surface area contributed by atoms with Gasteiger partial charge in [-0.3, -0.25) is 34.8 Å². The first-order valence-electron chi connectivity index (χ1n) is 16.2. The summed E-state index contributed by atoms with van der Waals surface area (Å²) in [4.78, 5) is 70.2. The highest BCUT2D eigenvalue weighted by Crippen LogP contribution is 2.23. The van der Waals surface area contributed by atoms with Crippen LogP contribution in [0.25, 0.3) is 10.2 Å². The van der Waals surface area contributed by atoms with Crippen LogP contribution in [0, 0.1) is 10.8 Å². The molecule has 0 aliphatic rings. The topological polar surface area (TPSA) is 284 Å². The van der Waals surface area contributed by atoms with Crippen molar-refractivity contribution in [3.63, 3.8) is 0 Å². The van der Waals surface area contributed by atoms with E-state index in [4.69, 9.17) is 28.0 Å². The molecule has 0 spiro atoms. The van der Waals surface area contributed by atoms with Gasteiger partial charge in [0.1, 0.15) is 12.1 Å². The third-order valence-corrected chi connectivity index (χ3v) is 8.57. The van der Waals surface area contributed by atoms with E-state index >= 15 is 0 Å². The summed E-state index contributed by atoms with van der Waals surface area (Å²) in [5, 5.41) is 28.4. The molecule has 0 bridgehead atoms. The first kappa shape index (κ1) is 38.9. The number of primary amides is 1. The van der Waals surface area contributed by atoms with Crippen molar-refractivity contribution in [2.45, 2.75) is 69.5 Å². The molecule has 50 heavy (non-hydrogen) atoms. The molecule has 3 rings (SSSR count). The Balaban J connectivity index is 1.80. The van der Waals surface area contributed by atoms with Crippen LogP contribution >= 0.6 is 11.3 Å². The number of nitrogens with one attached hydrogen (secondary N) is 7. The molecule has 1 aromatic heterocycles. The second-order valence-electron chi connectivity index (χ2n) is 11.6. The summed E-state index contributed by atoms with van der Waals surface area (Å²) in [5.41, 5.74) is 17.4. The summed E-state index contributed by atoms with van der Waals surface area (Å²) in [6.07, 6.45) is 1.40. The first-order chi connectivity index (χ1) is 23.9. The molecule has 0 saturated carbocycles. The SMILES string of the molecule is N=C(N)NCCCCC(=O)NC(CCC(N)=O)C(=O)NC(Cc1ccccc1)C(=O)NC(CCCNC(=N)N)C(=O)c1nc2ccccc2s1. The number of amides is 4. The lowest BCUT2D eigenvalue weighted by molar-refractivity contribution is -0.132. The number of fused-ring (bicyclic) bond motifs is 1. The molecule has 268 valence electrons. The number of rotatable bonds is 21. The van der Waals surface area contributed by atoms with Crippen LogP contribution in [0.15, 0.2) is 54.6 Å². The van der Waals surface area contributed by atoms with Gasteiger partial charge in [0.05, 0.1) is 16.3 Å². The summed E-state index contributed by atoms with van der Waals surface area (Å²) >= 11 is 1.21. The van der Waals surface area contributed by atoms with Gasteiger partial charge in [0.25, 0.3) is 0 Å². The molecule has 3 unspecified atom stereocenters. The zero-order chi connectivity index (χ0) is 36.5. The number of aromatic nitrogens is 1. The van der Waals surface area contributed by atoms with Crippen LogP contribution in [-0.4, -0.2) is 77.5 Å². The van der Waals surface area contributed by atoms with E-state index in [0.29, 0.717) is 31.3 Å². The number of carbonyl (C=O) groups is 5. The Hall–Kier alpha value is -5.58. The standard InChI is InChI=1S/C33H45N11O5S/c34-26(45)16-15-23(41-27(46)14-6-7-17-39-32(35)36)29(48)43-24(19-20-9-2-1-3-10-20)30(49)42-22(12-8-18-40-33(37)38)28(47)31-44-21-11-4-5-13-25(21)50-31/h1-5,9-11,13,22-24H,6-8,12,14-19H2,(H2,34,45)(H,41,46)(H,42,49)(H,43,48)(H4,35,36,39)(H4,37,38,40). The van der Waals surface area contributed by atoms with E-state index < -0.39 is 47.5 Å². The van der Waals surface area contributed by atoms with Crippen molar-refractivity contribution in [2.24, 2.45) is 17.2 Å². The summed E-state index contributed by atoms with van der Waals surface area (Å²) in [5.74, 6) is -3.26. The quantitative estimate of drug-likeness (QED) is 0.0314. The van der Waals surface area contributed by atoms with Gasteiger partial charge in [-0.1, -0.05) is 42.5 Å². The van der Waals surface area contributed by atoms with Crippen LogP contribution in [0.1, 0.15) is 60.3 Å². The molecule has 0 fully saturated rings. The minimum absolute atomic E-state index is 0.0615. The normalized spacial score (nSPS) is 12.6. The summed E-state index contributed by atoms with van der Waals surface area (Å²) < 4.78 is 0.810. The smallest absolute Gasteiger partial charge is 0.243 e. The number of hydrogen-bond acceptors (Lipinski definition) is 9. The van der Waals surface area contributed by atoms with E-state index in [-0.39, 0.29) is 55.6 Å². The molecule has 1 heterocycles. The lowest BCUT2D eigenvalue weighted by Crippen LogP contribution is -2.56. The van der Waals surface area contributed by atoms with Gasteiger partial charge in [-0.2, -0.15) is 0 Å². The molecule has 13 N–H and O–H groups in total. The van der Waals surface area contributed by atoms with E-state index in [0.717, 1.165) is 10.3 Å². The molecule has 2 aromatic carbocycles. The molecule has 0 aliphatic heterocycles. The predicted octanol–water partition coefficient (Wildman–Crippen LogP) is 0.358. The fourth-order valence-corrected chi connectivity index (χ4v) is 5.94. The molecule has 0 saturated heterocycles. The molecule has 0 aliphatic carbocycles. The van der Waals surface area contributed by atoms with Crippen molar-refractivity contribution in [2.75, 3.05) is 13.1 Å². The Kier molecular flexibility index (Phi) is 15.6. The van der Waals surface area contributed by atoms with Crippen LogP contribution in [0.3, 0.4) is 0 Å². The van der Waals surface area contributed by atoms with Gasteiger partial charge >= 0.3 is 0 Å². The number of Topliss-reactive ketones (excluding diaryl/α,β-unsaturated/α-hetero) is 1. The highest BCUT2D eigenvalue weighted by atomic mass is 32.1.